The molecule has 8 N–H and O–H groups in total. The van der Waals surface area contributed by atoms with E-state index in [1.54, 1.807) is 11.8 Å². The molecular formula is C30H35F6N7O5S. The third-order valence-electron chi connectivity index (χ3n) is 6.55. The van der Waals surface area contributed by atoms with Crippen LogP contribution in [0.2, 0.25) is 0 Å². The van der Waals surface area contributed by atoms with E-state index in [-0.39, 0.29) is 29.8 Å². The van der Waals surface area contributed by atoms with Gasteiger partial charge < -0.3 is 32.3 Å². The van der Waals surface area contributed by atoms with E-state index in [2.05, 4.69) is 37.7 Å². The summed E-state index contributed by atoms with van der Waals surface area (Å²) in [6.07, 6.45) is -6.16. The van der Waals surface area contributed by atoms with E-state index in [9.17, 15) is 31.1 Å². The molecule has 0 spiro atoms. The van der Waals surface area contributed by atoms with Gasteiger partial charge in [-0.3, -0.25) is 4.79 Å². The number of aryl methyl sites for hydroxylation is 1. The van der Waals surface area contributed by atoms with Crippen molar-refractivity contribution in [3.8, 4) is 0 Å². The van der Waals surface area contributed by atoms with Gasteiger partial charge in [-0.1, -0.05) is 54.8 Å². The molecule has 0 saturated heterocycles. The van der Waals surface area contributed by atoms with E-state index in [1.807, 2.05) is 43.3 Å². The van der Waals surface area contributed by atoms with Crippen molar-refractivity contribution in [2.75, 3.05) is 17.6 Å². The molecule has 1 heterocycles. The number of fused-ring (bicyclic) bond motifs is 1. The third-order valence-corrected chi connectivity index (χ3v) is 7.58. The van der Waals surface area contributed by atoms with Crippen molar-refractivity contribution in [2.45, 2.75) is 62.8 Å². The second kappa shape index (κ2) is 18.7. The normalized spacial score (nSPS) is 15.8. The van der Waals surface area contributed by atoms with Crippen LogP contribution in [0.3, 0.4) is 0 Å². The van der Waals surface area contributed by atoms with E-state index in [0.29, 0.717) is 12.4 Å². The number of benzene rings is 2. The molecule has 1 aliphatic carbocycles. The number of amides is 1. The number of carbonyl (C=O) groups excluding carboxylic acids is 1. The first-order valence-electron chi connectivity index (χ1n) is 14.5. The van der Waals surface area contributed by atoms with E-state index in [0.717, 1.165) is 53.7 Å². The summed E-state index contributed by atoms with van der Waals surface area (Å²) < 4.78 is 63.5. The molecule has 2 aromatic carbocycles. The molecule has 4 rings (SSSR count). The van der Waals surface area contributed by atoms with Gasteiger partial charge in [-0.25, -0.2) is 24.5 Å². The molecule has 0 aliphatic heterocycles. The van der Waals surface area contributed by atoms with Crippen LogP contribution in [0.15, 0.2) is 53.5 Å². The summed E-state index contributed by atoms with van der Waals surface area (Å²) in [5.41, 5.74) is 14.4. The highest BCUT2D eigenvalue weighted by molar-refractivity contribution is 7.98. The molecule has 268 valence electrons. The highest BCUT2D eigenvalue weighted by Crippen LogP contribution is 2.28. The first-order chi connectivity index (χ1) is 22.9. The summed E-state index contributed by atoms with van der Waals surface area (Å²) in [4.78, 5) is 44.3. The van der Waals surface area contributed by atoms with Crippen LogP contribution in [0.1, 0.15) is 47.4 Å². The number of nitrogens with two attached hydrogens (primary N) is 2. The van der Waals surface area contributed by atoms with Gasteiger partial charge >= 0.3 is 24.3 Å². The standard InChI is InChI=1S/C26H33N7OS.2C2HF3O2/c1-17-11-12-20-19(15-17)23(31-21-9-5-6-10-22(21)32-26(27)28)33-24(30-20)25(34)29-13-14-35-16-18-7-3-2-4-8-18;2*3-2(4,5)1(6)7/h2-4,7-8,11-12,15,21-22H,5-6,9-10,13-14,16H2,1H3,(H,29,34)(H4,27,28,32)(H,30,31,33);2*(H,6,7). The molecule has 1 aliphatic rings. The van der Waals surface area contributed by atoms with E-state index < -0.39 is 24.3 Å². The van der Waals surface area contributed by atoms with Crippen molar-refractivity contribution in [3.63, 3.8) is 0 Å². The number of aliphatic imine (C=N–C) groups is 1. The molecule has 0 radical (unpaired) electrons. The number of nitrogens with one attached hydrogen (secondary N) is 2. The summed E-state index contributed by atoms with van der Waals surface area (Å²) in [6.45, 7) is 2.57. The molecule has 19 heteroatoms. The van der Waals surface area contributed by atoms with Gasteiger partial charge in [0.05, 0.1) is 17.6 Å². The Kier molecular flexibility index (Phi) is 15.4. The fourth-order valence-electron chi connectivity index (χ4n) is 4.34. The van der Waals surface area contributed by atoms with Crippen LogP contribution in [0, 0.1) is 6.92 Å². The Balaban J connectivity index is 0.000000500. The Hall–Kier alpha value is -4.81. The summed E-state index contributed by atoms with van der Waals surface area (Å²) in [5, 5.41) is 21.6. The number of carboxylic acid groups (broad SMARTS) is 2. The Labute approximate surface area is 280 Å². The summed E-state index contributed by atoms with van der Waals surface area (Å²) in [5.74, 6) is -3.18. The maximum Gasteiger partial charge on any atom is 0.490 e. The van der Waals surface area contributed by atoms with Crippen LogP contribution in [-0.2, 0) is 15.3 Å². The van der Waals surface area contributed by atoms with Crippen molar-refractivity contribution in [1.29, 1.82) is 0 Å². The van der Waals surface area contributed by atoms with Gasteiger partial charge in [-0.2, -0.15) is 38.1 Å². The Morgan fingerprint density at radius 1 is 0.939 bits per heavy atom. The lowest BCUT2D eigenvalue weighted by Gasteiger charge is -2.30. The summed E-state index contributed by atoms with van der Waals surface area (Å²) in [6, 6.07) is 16.3. The fourth-order valence-corrected chi connectivity index (χ4v) is 5.15. The first-order valence-corrected chi connectivity index (χ1v) is 15.7. The van der Waals surface area contributed by atoms with Crippen molar-refractivity contribution in [1.82, 2.24) is 15.3 Å². The Morgan fingerprint density at radius 2 is 1.53 bits per heavy atom. The highest BCUT2D eigenvalue weighted by Gasteiger charge is 2.39. The monoisotopic (exact) mass is 719 g/mol. The van der Waals surface area contributed by atoms with Crippen molar-refractivity contribution in [3.05, 3.63) is 65.5 Å². The number of aromatic nitrogens is 2. The van der Waals surface area contributed by atoms with E-state index in [1.165, 1.54) is 5.56 Å². The molecule has 2 atom stereocenters. The number of hydrogen-bond acceptors (Lipinski definition) is 8. The van der Waals surface area contributed by atoms with Crippen molar-refractivity contribution < 1.29 is 50.9 Å². The molecule has 2 unspecified atom stereocenters. The van der Waals surface area contributed by atoms with Gasteiger partial charge in [0.25, 0.3) is 5.91 Å². The number of carboxylic acids is 2. The number of halogens is 6. The minimum Gasteiger partial charge on any atom is -0.475 e. The number of anilines is 1. The third kappa shape index (κ3) is 14.5. The average molecular weight is 720 g/mol. The Bertz CT molecular complexity index is 1570. The number of rotatable bonds is 9. The smallest absolute Gasteiger partial charge is 0.475 e. The molecule has 0 bridgehead atoms. The largest absolute Gasteiger partial charge is 0.490 e. The molecule has 1 fully saturated rings. The lowest BCUT2D eigenvalue weighted by atomic mass is 9.90. The quantitative estimate of drug-likeness (QED) is 0.0762. The zero-order valence-corrected chi connectivity index (χ0v) is 26.8. The number of carbonyl (C=O) groups is 3. The number of guanidine groups is 1. The molecule has 1 saturated carbocycles. The molecule has 3 aromatic rings. The van der Waals surface area contributed by atoms with Crippen LogP contribution in [0.4, 0.5) is 32.2 Å². The van der Waals surface area contributed by atoms with E-state index in [4.69, 9.17) is 31.3 Å². The van der Waals surface area contributed by atoms with Gasteiger partial charge in [0, 0.05) is 23.4 Å². The lowest BCUT2D eigenvalue weighted by molar-refractivity contribution is -0.193. The number of nitrogens with zero attached hydrogens (tertiary/aromatic N) is 3. The van der Waals surface area contributed by atoms with Crippen molar-refractivity contribution >= 4 is 52.3 Å². The lowest BCUT2D eigenvalue weighted by Crippen LogP contribution is -2.38. The van der Waals surface area contributed by atoms with Crippen LogP contribution in [0.5, 0.6) is 0 Å². The zero-order valence-electron chi connectivity index (χ0n) is 26.0. The minimum absolute atomic E-state index is 0.0255. The zero-order chi connectivity index (χ0) is 36.8. The Morgan fingerprint density at radius 3 is 2.10 bits per heavy atom. The van der Waals surface area contributed by atoms with Gasteiger partial charge in [-0.05, 0) is 37.5 Å². The van der Waals surface area contributed by atoms with Gasteiger partial charge in [-0.15, -0.1) is 0 Å². The molecule has 1 amide bonds. The molecular weight excluding hydrogens is 684 g/mol. The van der Waals surface area contributed by atoms with Crippen LogP contribution in [-0.4, -0.2) is 80.7 Å². The first kappa shape index (κ1) is 40.4. The van der Waals surface area contributed by atoms with E-state index >= 15 is 0 Å². The summed E-state index contributed by atoms with van der Waals surface area (Å²) in [7, 11) is 0. The second-order valence-corrected chi connectivity index (χ2v) is 11.6. The SMILES string of the molecule is Cc1ccc2nc(C(=O)NCCSCc3ccccc3)nc(NC3CCCCC3N=C(N)N)c2c1.O=C(O)C(F)(F)F.O=C(O)C(F)(F)F. The van der Waals surface area contributed by atoms with Gasteiger partial charge in [0.1, 0.15) is 5.82 Å². The minimum atomic E-state index is -5.08. The number of alkyl halides is 6. The van der Waals surface area contributed by atoms with Crippen LogP contribution >= 0.6 is 11.8 Å². The number of thioether (sulfide) groups is 1. The topological polar surface area (TPSA) is 206 Å². The maximum absolute atomic E-state index is 12.9. The molecule has 49 heavy (non-hydrogen) atoms. The predicted octanol–water partition coefficient (Wildman–Crippen LogP) is 4.86. The maximum atomic E-state index is 12.9. The molecule has 12 nitrogen and oxygen atoms in total. The number of hydrogen-bond donors (Lipinski definition) is 6. The fraction of sp³-hybridized carbons (Fsp3) is 0.400. The summed E-state index contributed by atoms with van der Waals surface area (Å²) >= 11 is 1.78. The predicted molar refractivity (Wildman–Crippen MR) is 172 cm³/mol. The van der Waals surface area contributed by atoms with Crippen LogP contribution in [0.25, 0.3) is 10.9 Å². The molecule has 1 aromatic heterocycles. The van der Waals surface area contributed by atoms with Gasteiger partial charge in [0.15, 0.2) is 5.96 Å². The number of aliphatic carboxylic acids is 2. The van der Waals surface area contributed by atoms with Crippen LogP contribution < -0.4 is 22.1 Å². The highest BCUT2D eigenvalue weighted by atomic mass is 32.2. The second-order valence-electron chi connectivity index (χ2n) is 10.5. The van der Waals surface area contributed by atoms with Gasteiger partial charge in [0.2, 0.25) is 5.82 Å². The van der Waals surface area contributed by atoms with Crippen molar-refractivity contribution in [2.24, 2.45) is 16.5 Å². The average Bonchev–Trinajstić information content (AvgIpc) is 3.02.